The van der Waals surface area contributed by atoms with Crippen LogP contribution in [0.4, 0.5) is 0 Å². The standard InChI is InChI=1S/C16H22N4O3/c1-5-20-14-7-6-11(9-12(14)18-19-20)15(21)17-13(8-10(2)3)16(22)23-4/h6-7,9-10,13H,5,8H2,1-4H3,(H,17,21)/t13-/m0/s1. The Morgan fingerprint density at radius 1 is 1.35 bits per heavy atom. The quantitative estimate of drug-likeness (QED) is 0.820. The Bertz CT molecular complexity index is 708. The summed E-state index contributed by atoms with van der Waals surface area (Å²) in [6.45, 7) is 6.65. The van der Waals surface area contributed by atoms with Gasteiger partial charge in [0.15, 0.2) is 0 Å². The third kappa shape index (κ3) is 3.85. The number of hydrogen-bond donors (Lipinski definition) is 1. The molecule has 2 rings (SSSR count). The van der Waals surface area contributed by atoms with E-state index in [0.717, 1.165) is 5.52 Å². The number of fused-ring (bicyclic) bond motifs is 1. The molecule has 0 saturated carbocycles. The number of methoxy groups -OCH3 is 1. The lowest BCUT2D eigenvalue weighted by Crippen LogP contribution is -2.42. The summed E-state index contributed by atoms with van der Waals surface area (Å²) in [6.07, 6.45) is 0.521. The van der Waals surface area contributed by atoms with Crippen molar-refractivity contribution in [3.8, 4) is 0 Å². The van der Waals surface area contributed by atoms with E-state index >= 15 is 0 Å². The Labute approximate surface area is 135 Å². The van der Waals surface area contributed by atoms with Gasteiger partial charge in [-0.15, -0.1) is 5.10 Å². The second-order valence-corrected chi connectivity index (χ2v) is 5.79. The largest absolute Gasteiger partial charge is 0.467 e. The SMILES string of the molecule is CCn1nnc2cc(C(=O)N[C@@H](CC(C)C)C(=O)OC)ccc21. The fourth-order valence-corrected chi connectivity index (χ4v) is 2.42. The van der Waals surface area contributed by atoms with Gasteiger partial charge < -0.3 is 10.1 Å². The van der Waals surface area contributed by atoms with Crippen LogP contribution in [0.2, 0.25) is 0 Å². The number of esters is 1. The molecule has 1 aromatic carbocycles. The second-order valence-electron chi connectivity index (χ2n) is 5.79. The van der Waals surface area contributed by atoms with E-state index in [-0.39, 0.29) is 11.8 Å². The summed E-state index contributed by atoms with van der Waals surface area (Å²) in [6, 6.07) is 4.53. The molecular formula is C16H22N4O3. The van der Waals surface area contributed by atoms with Gasteiger partial charge in [0.25, 0.3) is 5.91 Å². The molecule has 1 atom stereocenters. The van der Waals surface area contributed by atoms with E-state index in [1.165, 1.54) is 7.11 Å². The molecule has 0 bridgehead atoms. The van der Waals surface area contributed by atoms with Crippen LogP contribution in [0.25, 0.3) is 11.0 Å². The van der Waals surface area contributed by atoms with Crippen molar-refractivity contribution in [1.29, 1.82) is 0 Å². The average molecular weight is 318 g/mol. The van der Waals surface area contributed by atoms with Crippen molar-refractivity contribution in [2.24, 2.45) is 5.92 Å². The highest BCUT2D eigenvalue weighted by molar-refractivity contribution is 5.99. The summed E-state index contributed by atoms with van der Waals surface area (Å²) in [4.78, 5) is 24.2. The Morgan fingerprint density at radius 3 is 2.70 bits per heavy atom. The van der Waals surface area contributed by atoms with Gasteiger partial charge in [-0.05, 0) is 37.5 Å². The van der Waals surface area contributed by atoms with Gasteiger partial charge in [-0.1, -0.05) is 19.1 Å². The van der Waals surface area contributed by atoms with Gasteiger partial charge in [0, 0.05) is 12.1 Å². The van der Waals surface area contributed by atoms with Crippen molar-refractivity contribution < 1.29 is 14.3 Å². The van der Waals surface area contributed by atoms with Gasteiger partial charge in [0.05, 0.1) is 12.6 Å². The molecule has 0 aliphatic rings. The van der Waals surface area contributed by atoms with Crippen LogP contribution in [0.15, 0.2) is 18.2 Å². The number of aryl methyl sites for hydroxylation is 1. The number of aromatic nitrogens is 3. The normalized spacial score (nSPS) is 12.4. The summed E-state index contributed by atoms with van der Waals surface area (Å²) in [7, 11) is 1.32. The lowest BCUT2D eigenvalue weighted by Gasteiger charge is -2.18. The zero-order valence-corrected chi connectivity index (χ0v) is 13.9. The first-order valence-electron chi connectivity index (χ1n) is 7.68. The molecule has 0 radical (unpaired) electrons. The van der Waals surface area contributed by atoms with E-state index in [1.54, 1.807) is 16.8 Å². The van der Waals surface area contributed by atoms with Crippen molar-refractivity contribution in [3.05, 3.63) is 23.8 Å². The Kier molecular flexibility index (Phi) is 5.31. The van der Waals surface area contributed by atoms with Crippen LogP contribution in [-0.2, 0) is 16.1 Å². The summed E-state index contributed by atoms with van der Waals surface area (Å²) in [5, 5.41) is 10.8. The molecule has 23 heavy (non-hydrogen) atoms. The first kappa shape index (κ1) is 16.9. The predicted molar refractivity (Wildman–Crippen MR) is 85.9 cm³/mol. The molecule has 1 N–H and O–H groups in total. The van der Waals surface area contributed by atoms with Crippen LogP contribution in [-0.4, -0.2) is 40.0 Å². The number of hydrogen-bond acceptors (Lipinski definition) is 5. The highest BCUT2D eigenvalue weighted by atomic mass is 16.5. The van der Waals surface area contributed by atoms with Crippen molar-refractivity contribution in [1.82, 2.24) is 20.3 Å². The minimum Gasteiger partial charge on any atom is -0.467 e. The number of ether oxygens (including phenoxy) is 1. The van der Waals surface area contributed by atoms with Gasteiger partial charge in [-0.25, -0.2) is 9.48 Å². The molecule has 1 amide bonds. The molecule has 1 aromatic heterocycles. The van der Waals surface area contributed by atoms with E-state index in [1.807, 2.05) is 26.8 Å². The molecule has 0 spiro atoms. The van der Waals surface area contributed by atoms with Gasteiger partial charge >= 0.3 is 5.97 Å². The topological polar surface area (TPSA) is 86.1 Å². The molecule has 7 heteroatoms. The Morgan fingerprint density at radius 2 is 2.09 bits per heavy atom. The predicted octanol–water partition coefficient (Wildman–Crippen LogP) is 1.77. The van der Waals surface area contributed by atoms with Gasteiger partial charge in [-0.2, -0.15) is 0 Å². The molecule has 0 fully saturated rings. The molecule has 0 unspecified atom stereocenters. The van der Waals surface area contributed by atoms with Crippen molar-refractivity contribution >= 4 is 22.9 Å². The minimum absolute atomic E-state index is 0.256. The fourth-order valence-electron chi connectivity index (χ4n) is 2.42. The number of nitrogens with zero attached hydrogens (tertiary/aromatic N) is 3. The minimum atomic E-state index is -0.658. The van der Waals surface area contributed by atoms with Gasteiger partial charge in [-0.3, -0.25) is 4.79 Å². The summed E-state index contributed by atoms with van der Waals surface area (Å²) in [5.74, 6) is -0.509. The number of benzene rings is 1. The van der Waals surface area contributed by atoms with Crippen LogP contribution >= 0.6 is 0 Å². The number of amides is 1. The number of rotatable bonds is 6. The maximum Gasteiger partial charge on any atom is 0.328 e. The summed E-state index contributed by atoms with van der Waals surface area (Å²) >= 11 is 0. The Balaban J connectivity index is 2.19. The van der Waals surface area contributed by atoms with E-state index in [2.05, 4.69) is 15.6 Å². The van der Waals surface area contributed by atoms with Crippen molar-refractivity contribution in [2.45, 2.75) is 39.8 Å². The van der Waals surface area contributed by atoms with E-state index in [4.69, 9.17) is 4.74 Å². The van der Waals surface area contributed by atoms with E-state index in [0.29, 0.717) is 24.0 Å². The summed E-state index contributed by atoms with van der Waals surface area (Å²) in [5.41, 5.74) is 1.96. The lowest BCUT2D eigenvalue weighted by molar-refractivity contribution is -0.143. The number of carbonyl (C=O) groups is 2. The van der Waals surface area contributed by atoms with Crippen molar-refractivity contribution in [3.63, 3.8) is 0 Å². The Hall–Kier alpha value is -2.44. The van der Waals surface area contributed by atoms with Gasteiger partial charge in [0.1, 0.15) is 11.6 Å². The average Bonchev–Trinajstić information content (AvgIpc) is 2.95. The molecule has 1 heterocycles. The van der Waals surface area contributed by atoms with Crippen molar-refractivity contribution in [2.75, 3.05) is 7.11 Å². The monoisotopic (exact) mass is 318 g/mol. The van der Waals surface area contributed by atoms with Crippen LogP contribution in [0.1, 0.15) is 37.6 Å². The maximum atomic E-state index is 12.4. The molecule has 124 valence electrons. The smallest absolute Gasteiger partial charge is 0.328 e. The van der Waals surface area contributed by atoms with Gasteiger partial charge in [0.2, 0.25) is 0 Å². The van der Waals surface area contributed by atoms with Crippen LogP contribution < -0.4 is 5.32 Å². The fraction of sp³-hybridized carbons (Fsp3) is 0.500. The third-order valence-corrected chi connectivity index (χ3v) is 3.57. The molecule has 7 nitrogen and oxygen atoms in total. The highest BCUT2D eigenvalue weighted by Gasteiger charge is 2.23. The third-order valence-electron chi connectivity index (χ3n) is 3.57. The zero-order chi connectivity index (χ0) is 17.0. The maximum absolute atomic E-state index is 12.4. The zero-order valence-electron chi connectivity index (χ0n) is 13.9. The molecule has 0 aliphatic carbocycles. The van der Waals surface area contributed by atoms with E-state index < -0.39 is 12.0 Å². The lowest BCUT2D eigenvalue weighted by atomic mass is 10.0. The summed E-state index contributed by atoms with van der Waals surface area (Å²) < 4.78 is 6.52. The number of carbonyl (C=O) groups excluding carboxylic acids is 2. The molecule has 0 saturated heterocycles. The molecular weight excluding hydrogens is 296 g/mol. The highest BCUT2D eigenvalue weighted by Crippen LogP contribution is 2.14. The van der Waals surface area contributed by atoms with Crippen LogP contribution in [0, 0.1) is 5.92 Å². The van der Waals surface area contributed by atoms with Crippen LogP contribution in [0.3, 0.4) is 0 Å². The first-order chi connectivity index (χ1) is 11.0. The first-order valence-corrected chi connectivity index (χ1v) is 7.68. The van der Waals surface area contributed by atoms with Crippen LogP contribution in [0.5, 0.6) is 0 Å². The molecule has 0 aliphatic heterocycles. The molecule has 2 aromatic rings. The number of nitrogens with one attached hydrogen (secondary N) is 1. The second kappa shape index (κ2) is 7.21. The van der Waals surface area contributed by atoms with E-state index in [9.17, 15) is 9.59 Å².